The van der Waals surface area contributed by atoms with Gasteiger partial charge in [0.25, 0.3) is 0 Å². The molecule has 1 aromatic carbocycles. The van der Waals surface area contributed by atoms with E-state index in [1.165, 1.54) is 7.11 Å². The third kappa shape index (κ3) is 3.23. The quantitative estimate of drug-likeness (QED) is 0.594. The molecule has 0 amide bonds. The highest BCUT2D eigenvalue weighted by Gasteiger charge is 2.11. The second kappa shape index (κ2) is 4.52. The van der Waals surface area contributed by atoms with Gasteiger partial charge in [0.05, 0.1) is 12.9 Å². The average molecular weight is 242 g/mol. The van der Waals surface area contributed by atoms with E-state index < -0.39 is 9.84 Å². The first kappa shape index (κ1) is 12.5. The topological polar surface area (TPSA) is 93.2 Å². The summed E-state index contributed by atoms with van der Waals surface area (Å²) in [5.41, 5.74) is 6.40. The van der Waals surface area contributed by atoms with Gasteiger partial charge >= 0.3 is 0 Å². The Labute approximate surface area is 94.7 Å². The van der Waals surface area contributed by atoms with E-state index in [0.29, 0.717) is 16.9 Å². The van der Waals surface area contributed by atoms with E-state index in [2.05, 4.69) is 0 Å². The minimum atomic E-state index is -3.11. The predicted molar refractivity (Wildman–Crippen MR) is 62.6 cm³/mol. The zero-order valence-electron chi connectivity index (χ0n) is 9.15. The summed E-state index contributed by atoms with van der Waals surface area (Å²) < 4.78 is 27.4. The van der Waals surface area contributed by atoms with Crippen LogP contribution >= 0.6 is 0 Å². The van der Waals surface area contributed by atoms with Crippen molar-refractivity contribution in [2.75, 3.05) is 13.4 Å². The number of nitrogens with one attached hydrogen (secondary N) is 1. The molecule has 0 aromatic heterocycles. The van der Waals surface area contributed by atoms with E-state index in [0.717, 1.165) is 6.26 Å². The average Bonchev–Trinajstić information content (AvgIpc) is 2.15. The van der Waals surface area contributed by atoms with Crippen LogP contribution in [0.3, 0.4) is 0 Å². The SMILES string of the molecule is COc1cc(C(=N)N)ccc1CS(C)(=O)=O. The van der Waals surface area contributed by atoms with Gasteiger partial charge in [-0.25, -0.2) is 8.42 Å². The maximum atomic E-state index is 11.2. The van der Waals surface area contributed by atoms with Gasteiger partial charge in [-0.15, -0.1) is 0 Å². The molecule has 3 N–H and O–H groups in total. The number of sulfone groups is 1. The van der Waals surface area contributed by atoms with Crippen molar-refractivity contribution in [1.82, 2.24) is 0 Å². The third-order valence-electron chi connectivity index (χ3n) is 2.02. The lowest BCUT2D eigenvalue weighted by Gasteiger charge is -2.09. The van der Waals surface area contributed by atoms with E-state index in [-0.39, 0.29) is 11.6 Å². The summed E-state index contributed by atoms with van der Waals surface area (Å²) in [4.78, 5) is 0. The minimum Gasteiger partial charge on any atom is -0.496 e. The highest BCUT2D eigenvalue weighted by molar-refractivity contribution is 7.89. The molecular weight excluding hydrogens is 228 g/mol. The first-order chi connectivity index (χ1) is 7.33. The van der Waals surface area contributed by atoms with Gasteiger partial charge in [-0.1, -0.05) is 12.1 Å². The minimum absolute atomic E-state index is 0.0794. The Hall–Kier alpha value is -1.56. The summed E-state index contributed by atoms with van der Waals surface area (Å²) in [6.07, 6.45) is 1.16. The van der Waals surface area contributed by atoms with Crippen molar-refractivity contribution in [2.45, 2.75) is 5.75 Å². The van der Waals surface area contributed by atoms with Crippen LogP contribution < -0.4 is 10.5 Å². The Bertz CT molecular complexity index is 509. The van der Waals surface area contributed by atoms with Crippen LogP contribution in [-0.2, 0) is 15.6 Å². The Morgan fingerprint density at radius 3 is 2.56 bits per heavy atom. The van der Waals surface area contributed by atoms with Gasteiger partial charge < -0.3 is 10.5 Å². The van der Waals surface area contributed by atoms with Gasteiger partial charge in [-0.05, 0) is 6.07 Å². The lowest BCUT2D eigenvalue weighted by atomic mass is 10.1. The molecule has 0 unspecified atom stereocenters. The number of hydrogen-bond acceptors (Lipinski definition) is 4. The summed E-state index contributed by atoms with van der Waals surface area (Å²) in [7, 11) is -1.66. The molecule has 6 heteroatoms. The van der Waals surface area contributed by atoms with Crippen LogP contribution in [0.2, 0.25) is 0 Å². The molecule has 0 spiro atoms. The highest BCUT2D eigenvalue weighted by atomic mass is 32.2. The molecule has 0 saturated heterocycles. The van der Waals surface area contributed by atoms with Crippen LogP contribution in [0.25, 0.3) is 0 Å². The first-order valence-electron chi connectivity index (χ1n) is 4.52. The first-order valence-corrected chi connectivity index (χ1v) is 6.58. The number of ether oxygens (including phenoxy) is 1. The second-order valence-corrected chi connectivity index (χ2v) is 5.65. The summed E-state index contributed by atoms with van der Waals surface area (Å²) in [6, 6.07) is 4.77. The molecule has 0 fully saturated rings. The predicted octanol–water partition coefficient (Wildman–Crippen LogP) is 0.524. The van der Waals surface area contributed by atoms with Crippen LogP contribution in [0.1, 0.15) is 11.1 Å². The molecule has 0 heterocycles. The van der Waals surface area contributed by atoms with Gasteiger partial charge in [0, 0.05) is 17.4 Å². The fraction of sp³-hybridized carbons (Fsp3) is 0.300. The number of benzene rings is 1. The monoisotopic (exact) mass is 242 g/mol. The fourth-order valence-corrected chi connectivity index (χ4v) is 2.12. The van der Waals surface area contributed by atoms with Gasteiger partial charge in [-0.2, -0.15) is 0 Å². The molecule has 1 rings (SSSR count). The van der Waals surface area contributed by atoms with Crippen molar-refractivity contribution in [2.24, 2.45) is 5.73 Å². The van der Waals surface area contributed by atoms with Gasteiger partial charge in [0.2, 0.25) is 0 Å². The normalized spacial score (nSPS) is 11.1. The lowest BCUT2D eigenvalue weighted by Crippen LogP contribution is -2.12. The Morgan fingerprint density at radius 2 is 2.12 bits per heavy atom. The van der Waals surface area contributed by atoms with E-state index in [4.69, 9.17) is 15.9 Å². The van der Waals surface area contributed by atoms with Gasteiger partial charge in [0.1, 0.15) is 11.6 Å². The zero-order valence-corrected chi connectivity index (χ0v) is 9.97. The van der Waals surface area contributed by atoms with Crippen molar-refractivity contribution < 1.29 is 13.2 Å². The lowest BCUT2D eigenvalue weighted by molar-refractivity contribution is 0.411. The number of hydrogen-bond donors (Lipinski definition) is 2. The van der Waals surface area contributed by atoms with E-state index >= 15 is 0 Å². The molecule has 16 heavy (non-hydrogen) atoms. The Morgan fingerprint density at radius 1 is 1.50 bits per heavy atom. The van der Waals surface area contributed by atoms with Crippen molar-refractivity contribution in [1.29, 1.82) is 5.41 Å². The van der Waals surface area contributed by atoms with Crippen LogP contribution in [0, 0.1) is 5.41 Å². The number of rotatable bonds is 4. The molecule has 0 aliphatic carbocycles. The molecule has 0 aliphatic rings. The summed E-state index contributed by atoms with van der Waals surface area (Å²) in [5.74, 6) is 0.260. The number of methoxy groups -OCH3 is 1. The number of nitrogen functional groups attached to an aromatic ring is 1. The molecule has 1 aromatic rings. The molecule has 0 atom stereocenters. The van der Waals surface area contributed by atoms with Crippen molar-refractivity contribution in [3.8, 4) is 5.75 Å². The van der Waals surface area contributed by atoms with Crippen LogP contribution in [-0.4, -0.2) is 27.6 Å². The molecule has 88 valence electrons. The maximum Gasteiger partial charge on any atom is 0.151 e. The Balaban J connectivity index is 3.17. The molecule has 5 nitrogen and oxygen atoms in total. The Kier molecular flexibility index (Phi) is 3.54. The molecule has 0 radical (unpaired) electrons. The van der Waals surface area contributed by atoms with E-state index in [9.17, 15) is 8.42 Å². The van der Waals surface area contributed by atoms with E-state index in [1.807, 2.05) is 0 Å². The molecule has 0 saturated carbocycles. The largest absolute Gasteiger partial charge is 0.496 e. The van der Waals surface area contributed by atoms with Crippen molar-refractivity contribution in [3.05, 3.63) is 29.3 Å². The summed E-state index contributed by atoms with van der Waals surface area (Å²) in [5, 5.41) is 7.26. The van der Waals surface area contributed by atoms with Crippen molar-refractivity contribution >= 4 is 15.7 Å². The van der Waals surface area contributed by atoms with E-state index in [1.54, 1.807) is 18.2 Å². The molecule has 0 aliphatic heterocycles. The van der Waals surface area contributed by atoms with Crippen LogP contribution in [0.5, 0.6) is 5.75 Å². The number of amidine groups is 1. The summed E-state index contributed by atoms with van der Waals surface area (Å²) in [6.45, 7) is 0. The second-order valence-electron chi connectivity index (χ2n) is 3.51. The maximum absolute atomic E-state index is 11.2. The zero-order chi connectivity index (χ0) is 12.3. The smallest absolute Gasteiger partial charge is 0.151 e. The third-order valence-corrected chi connectivity index (χ3v) is 2.85. The summed E-state index contributed by atoms with van der Waals surface area (Å²) >= 11 is 0. The van der Waals surface area contributed by atoms with Gasteiger partial charge in [0.15, 0.2) is 9.84 Å². The molecular formula is C10H14N2O3S. The van der Waals surface area contributed by atoms with Gasteiger partial charge in [-0.3, -0.25) is 5.41 Å². The van der Waals surface area contributed by atoms with Crippen LogP contribution in [0.4, 0.5) is 0 Å². The number of nitrogens with two attached hydrogens (primary N) is 1. The standard InChI is InChI=1S/C10H14N2O3S/c1-15-9-5-7(10(11)12)3-4-8(9)6-16(2,13)14/h3-5H,6H2,1-2H3,(H3,11,12). The van der Waals surface area contributed by atoms with Crippen molar-refractivity contribution in [3.63, 3.8) is 0 Å². The fourth-order valence-electron chi connectivity index (χ4n) is 1.31. The molecule has 0 bridgehead atoms. The highest BCUT2D eigenvalue weighted by Crippen LogP contribution is 2.21. The van der Waals surface area contributed by atoms with Crippen LogP contribution in [0.15, 0.2) is 18.2 Å².